The molecule has 0 spiro atoms. The van der Waals surface area contributed by atoms with Crippen LogP contribution in [0.4, 0.5) is 0 Å². The van der Waals surface area contributed by atoms with Crippen molar-refractivity contribution in [3.8, 4) is 5.82 Å². The zero-order chi connectivity index (χ0) is 17.2. The molecule has 1 aliphatic rings. The first kappa shape index (κ1) is 16.7. The Labute approximate surface area is 142 Å². The highest BCUT2D eigenvalue weighted by Gasteiger charge is 2.30. The van der Waals surface area contributed by atoms with E-state index < -0.39 is 5.60 Å². The number of pyridine rings is 1. The first-order chi connectivity index (χ1) is 11.5. The van der Waals surface area contributed by atoms with Gasteiger partial charge in [-0.2, -0.15) is 0 Å². The van der Waals surface area contributed by atoms with Crippen molar-refractivity contribution in [3.63, 3.8) is 0 Å². The molecular weight excluding hydrogens is 302 g/mol. The van der Waals surface area contributed by atoms with E-state index in [1.165, 1.54) is 6.42 Å². The fourth-order valence-electron chi connectivity index (χ4n) is 3.56. The topological polar surface area (TPSA) is 67.2 Å². The Balaban J connectivity index is 1.76. The molecule has 1 amide bonds. The van der Waals surface area contributed by atoms with Gasteiger partial charge in [-0.15, -0.1) is 0 Å². The number of carbonyl (C=O) groups is 1. The largest absolute Gasteiger partial charge is 0.388 e. The van der Waals surface area contributed by atoms with Crippen molar-refractivity contribution in [2.45, 2.75) is 51.6 Å². The normalized spacial score (nSPS) is 16.8. The quantitative estimate of drug-likeness (QED) is 0.907. The van der Waals surface area contributed by atoms with Gasteiger partial charge < -0.3 is 15.0 Å². The number of hydrogen-bond acceptors (Lipinski definition) is 3. The van der Waals surface area contributed by atoms with E-state index in [1.54, 1.807) is 6.20 Å². The minimum atomic E-state index is -0.750. The molecule has 0 aromatic carbocycles. The van der Waals surface area contributed by atoms with Gasteiger partial charge >= 0.3 is 0 Å². The maximum Gasteiger partial charge on any atom is 0.253 e. The Morgan fingerprint density at radius 3 is 2.71 bits per heavy atom. The molecule has 0 aliphatic heterocycles. The summed E-state index contributed by atoms with van der Waals surface area (Å²) in [7, 11) is 0. The molecule has 2 heterocycles. The molecule has 0 bridgehead atoms. The van der Waals surface area contributed by atoms with Crippen molar-refractivity contribution >= 4 is 5.91 Å². The van der Waals surface area contributed by atoms with Crippen LogP contribution in [0.3, 0.4) is 0 Å². The highest BCUT2D eigenvalue weighted by atomic mass is 16.3. The minimum Gasteiger partial charge on any atom is -0.388 e. The SMILES string of the molecule is Cc1cc(C(=O)NCC2(O)CCCCC2)c(C)n1-c1ccccn1. The predicted octanol–water partition coefficient (Wildman–Crippen LogP) is 2.91. The first-order valence-corrected chi connectivity index (χ1v) is 8.61. The third-order valence-corrected chi connectivity index (χ3v) is 4.92. The maximum atomic E-state index is 12.6. The molecule has 1 aliphatic carbocycles. The second kappa shape index (κ2) is 6.77. The van der Waals surface area contributed by atoms with Crippen molar-refractivity contribution in [2.75, 3.05) is 6.54 Å². The van der Waals surface area contributed by atoms with Crippen molar-refractivity contribution in [1.82, 2.24) is 14.9 Å². The lowest BCUT2D eigenvalue weighted by Gasteiger charge is -2.32. The Bertz CT molecular complexity index is 716. The molecule has 2 N–H and O–H groups in total. The van der Waals surface area contributed by atoms with Crippen molar-refractivity contribution in [1.29, 1.82) is 0 Å². The van der Waals surface area contributed by atoms with E-state index >= 15 is 0 Å². The van der Waals surface area contributed by atoms with Gasteiger partial charge in [0.25, 0.3) is 5.91 Å². The predicted molar refractivity (Wildman–Crippen MR) is 93.4 cm³/mol. The van der Waals surface area contributed by atoms with Gasteiger partial charge in [-0.1, -0.05) is 25.3 Å². The fourth-order valence-corrected chi connectivity index (χ4v) is 3.56. The lowest BCUT2D eigenvalue weighted by Crippen LogP contribution is -2.44. The monoisotopic (exact) mass is 327 g/mol. The van der Waals surface area contributed by atoms with Gasteiger partial charge in [-0.05, 0) is 44.9 Å². The van der Waals surface area contributed by atoms with Gasteiger partial charge in [0.2, 0.25) is 0 Å². The van der Waals surface area contributed by atoms with Crippen LogP contribution in [0.15, 0.2) is 30.5 Å². The van der Waals surface area contributed by atoms with E-state index in [-0.39, 0.29) is 5.91 Å². The van der Waals surface area contributed by atoms with E-state index in [9.17, 15) is 9.90 Å². The van der Waals surface area contributed by atoms with Crippen LogP contribution >= 0.6 is 0 Å². The van der Waals surface area contributed by atoms with Gasteiger partial charge in [-0.25, -0.2) is 4.98 Å². The number of amides is 1. The molecule has 0 atom stereocenters. The summed E-state index contributed by atoms with van der Waals surface area (Å²) in [6, 6.07) is 7.60. The van der Waals surface area contributed by atoms with Crippen LogP contribution < -0.4 is 5.32 Å². The summed E-state index contributed by atoms with van der Waals surface area (Å²) in [5.74, 6) is 0.668. The van der Waals surface area contributed by atoms with Crippen LogP contribution in [0.1, 0.15) is 53.8 Å². The smallest absolute Gasteiger partial charge is 0.253 e. The van der Waals surface area contributed by atoms with E-state index in [4.69, 9.17) is 0 Å². The highest BCUT2D eigenvalue weighted by Crippen LogP contribution is 2.27. The van der Waals surface area contributed by atoms with Crippen molar-refractivity contribution in [2.24, 2.45) is 0 Å². The summed E-state index contributed by atoms with van der Waals surface area (Å²) >= 11 is 0. The molecule has 2 aromatic heterocycles. The van der Waals surface area contributed by atoms with Crippen LogP contribution in [0.5, 0.6) is 0 Å². The second-order valence-electron chi connectivity index (χ2n) is 6.78. The number of rotatable bonds is 4. The van der Waals surface area contributed by atoms with Crippen LogP contribution in [0.2, 0.25) is 0 Å². The zero-order valence-corrected chi connectivity index (χ0v) is 14.4. The third kappa shape index (κ3) is 3.36. The van der Waals surface area contributed by atoms with Crippen LogP contribution in [-0.2, 0) is 0 Å². The number of aryl methyl sites for hydroxylation is 1. The first-order valence-electron chi connectivity index (χ1n) is 8.61. The molecule has 5 heteroatoms. The molecule has 3 rings (SSSR count). The summed E-state index contributed by atoms with van der Waals surface area (Å²) < 4.78 is 1.98. The average Bonchev–Trinajstić information content (AvgIpc) is 2.89. The molecule has 1 fully saturated rings. The fraction of sp³-hybridized carbons (Fsp3) is 0.474. The lowest BCUT2D eigenvalue weighted by atomic mass is 9.85. The van der Waals surface area contributed by atoms with Gasteiger partial charge in [0.15, 0.2) is 0 Å². The Morgan fingerprint density at radius 2 is 2.04 bits per heavy atom. The Morgan fingerprint density at radius 1 is 1.29 bits per heavy atom. The van der Waals surface area contributed by atoms with E-state index in [0.29, 0.717) is 12.1 Å². The number of carbonyl (C=O) groups excluding carboxylic acids is 1. The lowest BCUT2D eigenvalue weighted by molar-refractivity contribution is 0.00525. The maximum absolute atomic E-state index is 12.6. The van der Waals surface area contributed by atoms with Gasteiger partial charge in [0, 0.05) is 24.1 Å². The summed E-state index contributed by atoms with van der Waals surface area (Å²) in [5, 5.41) is 13.5. The van der Waals surface area contributed by atoms with Gasteiger partial charge in [-0.3, -0.25) is 4.79 Å². The van der Waals surface area contributed by atoms with Crippen molar-refractivity contribution in [3.05, 3.63) is 47.4 Å². The minimum absolute atomic E-state index is 0.135. The number of hydrogen-bond donors (Lipinski definition) is 2. The third-order valence-electron chi connectivity index (χ3n) is 4.92. The molecule has 0 saturated heterocycles. The molecule has 24 heavy (non-hydrogen) atoms. The molecule has 5 nitrogen and oxygen atoms in total. The molecule has 0 unspecified atom stereocenters. The van der Waals surface area contributed by atoms with E-state index in [0.717, 1.165) is 42.9 Å². The van der Waals surface area contributed by atoms with Crippen molar-refractivity contribution < 1.29 is 9.90 Å². The number of aliphatic hydroxyl groups is 1. The number of nitrogens with one attached hydrogen (secondary N) is 1. The molecule has 0 radical (unpaired) electrons. The van der Waals surface area contributed by atoms with Crippen LogP contribution in [0, 0.1) is 13.8 Å². The number of aromatic nitrogens is 2. The molecule has 128 valence electrons. The summed E-state index contributed by atoms with van der Waals surface area (Å²) in [4.78, 5) is 17.0. The highest BCUT2D eigenvalue weighted by molar-refractivity contribution is 5.95. The van der Waals surface area contributed by atoms with Crippen LogP contribution in [0.25, 0.3) is 5.82 Å². The summed E-state index contributed by atoms with van der Waals surface area (Å²) in [6.07, 6.45) is 6.50. The van der Waals surface area contributed by atoms with Gasteiger partial charge in [0.05, 0.1) is 11.2 Å². The van der Waals surface area contributed by atoms with E-state index in [1.807, 2.05) is 42.7 Å². The second-order valence-corrected chi connectivity index (χ2v) is 6.78. The molecular formula is C19H25N3O2. The molecule has 1 saturated carbocycles. The Hall–Kier alpha value is -2.14. The summed E-state index contributed by atoms with van der Waals surface area (Å²) in [6.45, 7) is 4.21. The average molecular weight is 327 g/mol. The standard InChI is InChI=1S/C19H25N3O2/c1-14-12-16(15(2)22(14)17-8-4-7-11-20-17)18(23)21-13-19(24)9-5-3-6-10-19/h4,7-8,11-12,24H,3,5-6,9-10,13H2,1-2H3,(H,21,23). The molecule has 2 aromatic rings. The van der Waals surface area contributed by atoms with Gasteiger partial charge in [0.1, 0.15) is 5.82 Å². The van der Waals surface area contributed by atoms with Crippen LogP contribution in [-0.4, -0.2) is 32.7 Å². The Kier molecular flexibility index (Phi) is 4.71. The summed E-state index contributed by atoms with van der Waals surface area (Å²) in [5.41, 5.74) is 1.71. The zero-order valence-electron chi connectivity index (χ0n) is 14.4. The number of nitrogens with zero attached hydrogens (tertiary/aromatic N) is 2. The van der Waals surface area contributed by atoms with E-state index in [2.05, 4.69) is 10.3 Å².